The second-order valence-corrected chi connectivity index (χ2v) is 14.4. The van der Waals surface area contributed by atoms with Gasteiger partial charge in [-0.05, 0) is 58.2 Å². The van der Waals surface area contributed by atoms with Crippen molar-refractivity contribution >= 4 is 49.7 Å². The lowest BCUT2D eigenvalue weighted by molar-refractivity contribution is -0.131. The van der Waals surface area contributed by atoms with E-state index in [2.05, 4.69) is 21.6 Å². The van der Waals surface area contributed by atoms with E-state index in [1.165, 1.54) is 11.0 Å². The number of furan rings is 1. The van der Waals surface area contributed by atoms with Gasteiger partial charge in [0.2, 0.25) is 21.8 Å². The molecule has 43 heavy (non-hydrogen) atoms. The highest BCUT2D eigenvalue weighted by molar-refractivity contribution is 7.91. The minimum Gasteiger partial charge on any atom is -0.472 e. The van der Waals surface area contributed by atoms with Crippen molar-refractivity contribution in [1.29, 1.82) is 0 Å². The van der Waals surface area contributed by atoms with Crippen LogP contribution in [0.25, 0.3) is 21.7 Å². The van der Waals surface area contributed by atoms with Crippen LogP contribution in [-0.4, -0.2) is 71.3 Å². The Balaban J connectivity index is 1.25. The Hall–Kier alpha value is -4.13. The fourth-order valence-electron chi connectivity index (χ4n) is 5.58. The van der Waals surface area contributed by atoms with Crippen LogP contribution in [0.4, 0.5) is 4.79 Å². The number of likely N-dealkylation sites (tertiary alicyclic amines) is 1. The Labute approximate surface area is 248 Å². The molecule has 3 aliphatic rings. The van der Waals surface area contributed by atoms with Crippen molar-refractivity contribution in [1.82, 2.24) is 19.9 Å². The molecule has 0 spiro atoms. The minimum absolute atomic E-state index is 0.0220. The monoisotopic (exact) mass is 610 g/mol. The van der Waals surface area contributed by atoms with Crippen molar-refractivity contribution in [3.8, 4) is 5.88 Å². The van der Waals surface area contributed by atoms with Crippen molar-refractivity contribution in [3.05, 3.63) is 49.4 Å². The first kappa shape index (κ1) is 29.0. The third kappa shape index (κ3) is 5.53. The van der Waals surface area contributed by atoms with E-state index in [0.29, 0.717) is 29.7 Å². The maximum absolute atomic E-state index is 13.8. The van der Waals surface area contributed by atoms with Gasteiger partial charge in [-0.1, -0.05) is 12.1 Å². The second-order valence-electron chi connectivity index (χ2n) is 12.4. The Kier molecular flexibility index (Phi) is 6.90. The summed E-state index contributed by atoms with van der Waals surface area (Å²) in [6, 6.07) is 6.40. The first-order valence-corrected chi connectivity index (χ1v) is 15.8. The Bertz CT molecular complexity index is 1740. The second kappa shape index (κ2) is 10.2. The van der Waals surface area contributed by atoms with Crippen LogP contribution in [0.2, 0.25) is 0 Å². The summed E-state index contributed by atoms with van der Waals surface area (Å²) >= 11 is 0. The van der Waals surface area contributed by atoms with Gasteiger partial charge in [0.05, 0.1) is 18.1 Å². The number of rotatable bonds is 8. The molecule has 228 valence electrons. The third-order valence-corrected chi connectivity index (χ3v) is 9.86. The van der Waals surface area contributed by atoms with E-state index in [9.17, 15) is 22.8 Å². The SMILES string of the molecule is C=C[C@@H]1C[C@]1(NC(=O)[C@@H]1C[C@@H](Oc2nccc3c2ccc2ccoc23)CN1C(=O)OC(C)(C)C)C(=O)NS(=O)(=O)C1CC1. The molecular weight excluding hydrogens is 576 g/mol. The standard InChI is InChI=1S/C30H34N4O8S/c1-5-18-15-30(18,27(36)33-43(38,39)20-7-8-20)32-25(35)23-14-19(16-34(23)28(37)42-29(2,3)4)41-26-22-9-6-17-11-13-40-24(17)21(22)10-12-31-26/h5-6,9-13,18-20,23H,1,7-8,14-16H2,2-4H3,(H,32,35)(H,33,36)/t18-,19-,23+,30-/m1/s1. The summed E-state index contributed by atoms with van der Waals surface area (Å²) in [5, 5.41) is 4.59. The highest BCUT2D eigenvalue weighted by Gasteiger charge is 2.62. The molecule has 1 saturated heterocycles. The predicted molar refractivity (Wildman–Crippen MR) is 157 cm³/mol. The Morgan fingerprint density at radius 1 is 1.16 bits per heavy atom. The summed E-state index contributed by atoms with van der Waals surface area (Å²) < 4.78 is 44.6. The van der Waals surface area contributed by atoms with Crippen LogP contribution in [0.15, 0.2) is 53.8 Å². The fraction of sp³-hybridized carbons (Fsp3) is 0.467. The van der Waals surface area contributed by atoms with Crippen molar-refractivity contribution < 1.29 is 36.7 Å². The molecule has 3 aromatic rings. The molecule has 4 atom stereocenters. The topological polar surface area (TPSA) is 157 Å². The molecule has 1 aromatic carbocycles. The number of nitrogens with one attached hydrogen (secondary N) is 2. The van der Waals surface area contributed by atoms with Crippen molar-refractivity contribution in [2.45, 2.75) is 75.0 Å². The molecule has 2 N–H and O–H groups in total. The number of benzene rings is 1. The van der Waals surface area contributed by atoms with Crippen LogP contribution in [0.5, 0.6) is 5.88 Å². The summed E-state index contributed by atoms with van der Waals surface area (Å²) in [7, 11) is -3.84. The molecule has 12 nitrogen and oxygen atoms in total. The number of amides is 3. The van der Waals surface area contributed by atoms with Crippen molar-refractivity contribution in [3.63, 3.8) is 0 Å². The van der Waals surface area contributed by atoms with E-state index < -0.39 is 62.4 Å². The summed E-state index contributed by atoms with van der Waals surface area (Å²) in [4.78, 5) is 45.9. The van der Waals surface area contributed by atoms with Gasteiger partial charge in [0, 0.05) is 34.7 Å². The van der Waals surface area contributed by atoms with Crippen molar-refractivity contribution in [2.24, 2.45) is 5.92 Å². The molecule has 2 aliphatic carbocycles. The molecule has 3 amide bonds. The number of ether oxygens (including phenoxy) is 2. The predicted octanol–water partition coefficient (Wildman–Crippen LogP) is 3.41. The van der Waals surface area contributed by atoms with E-state index in [4.69, 9.17) is 13.9 Å². The average Bonchev–Trinajstić information content (AvgIpc) is 3.81. The van der Waals surface area contributed by atoms with Gasteiger partial charge < -0.3 is 19.2 Å². The number of carbonyl (C=O) groups is 3. The normalized spacial score (nSPS) is 25.4. The van der Waals surface area contributed by atoms with Gasteiger partial charge in [-0.15, -0.1) is 6.58 Å². The van der Waals surface area contributed by atoms with Crippen LogP contribution in [0, 0.1) is 5.92 Å². The van der Waals surface area contributed by atoms with Crippen LogP contribution in [-0.2, 0) is 24.3 Å². The fourth-order valence-corrected chi connectivity index (χ4v) is 6.94. The number of sulfonamides is 1. The molecule has 0 radical (unpaired) electrons. The zero-order valence-electron chi connectivity index (χ0n) is 24.2. The molecule has 2 aromatic heterocycles. The zero-order chi connectivity index (χ0) is 30.7. The lowest BCUT2D eigenvalue weighted by atomic mass is 10.1. The number of aromatic nitrogens is 1. The van der Waals surface area contributed by atoms with Crippen LogP contribution < -0.4 is 14.8 Å². The highest BCUT2D eigenvalue weighted by Crippen LogP contribution is 2.45. The molecular formula is C30H34N4O8S. The number of fused-ring (bicyclic) bond motifs is 3. The molecule has 0 bridgehead atoms. The number of nitrogens with zero attached hydrogens (tertiary/aromatic N) is 2. The average molecular weight is 611 g/mol. The summed E-state index contributed by atoms with van der Waals surface area (Å²) in [6.45, 7) is 8.92. The lowest BCUT2D eigenvalue weighted by Crippen LogP contribution is -2.56. The first-order chi connectivity index (χ1) is 20.3. The van der Waals surface area contributed by atoms with Crippen LogP contribution >= 0.6 is 0 Å². The van der Waals surface area contributed by atoms with Crippen LogP contribution in [0.3, 0.4) is 0 Å². The number of hydrogen-bond donors (Lipinski definition) is 2. The molecule has 2 saturated carbocycles. The maximum atomic E-state index is 13.8. The van der Waals surface area contributed by atoms with E-state index in [0.717, 1.165) is 10.8 Å². The smallest absolute Gasteiger partial charge is 0.411 e. The van der Waals surface area contributed by atoms with Gasteiger partial charge in [-0.3, -0.25) is 19.2 Å². The van der Waals surface area contributed by atoms with E-state index in [1.54, 1.807) is 33.2 Å². The molecule has 6 rings (SSSR count). The Morgan fingerprint density at radius 3 is 2.60 bits per heavy atom. The van der Waals surface area contributed by atoms with E-state index >= 15 is 0 Å². The van der Waals surface area contributed by atoms with Gasteiger partial charge in [-0.2, -0.15) is 0 Å². The largest absolute Gasteiger partial charge is 0.472 e. The van der Waals surface area contributed by atoms with E-state index in [1.807, 2.05) is 24.3 Å². The molecule has 13 heteroatoms. The lowest BCUT2D eigenvalue weighted by Gasteiger charge is -2.29. The van der Waals surface area contributed by atoms with Gasteiger partial charge in [-0.25, -0.2) is 18.2 Å². The summed E-state index contributed by atoms with van der Waals surface area (Å²) in [5.74, 6) is -1.58. The summed E-state index contributed by atoms with van der Waals surface area (Å²) in [6.07, 6.45) is 4.62. The minimum atomic E-state index is -3.84. The van der Waals surface area contributed by atoms with Gasteiger partial charge >= 0.3 is 6.09 Å². The summed E-state index contributed by atoms with van der Waals surface area (Å²) in [5.41, 5.74) is -1.62. The zero-order valence-corrected chi connectivity index (χ0v) is 25.0. The number of carbonyl (C=O) groups excluding carboxylic acids is 3. The molecule has 3 heterocycles. The van der Waals surface area contributed by atoms with Crippen molar-refractivity contribution in [2.75, 3.05) is 6.54 Å². The highest BCUT2D eigenvalue weighted by atomic mass is 32.2. The van der Waals surface area contributed by atoms with Gasteiger partial charge in [0.15, 0.2) is 0 Å². The number of hydrogen-bond acceptors (Lipinski definition) is 9. The molecule has 1 aliphatic heterocycles. The maximum Gasteiger partial charge on any atom is 0.411 e. The van der Waals surface area contributed by atoms with E-state index in [-0.39, 0.29) is 19.4 Å². The first-order valence-electron chi connectivity index (χ1n) is 14.2. The molecule has 0 unspecified atom stereocenters. The van der Waals surface area contributed by atoms with Gasteiger partial charge in [0.1, 0.15) is 28.9 Å². The van der Waals surface area contributed by atoms with Crippen LogP contribution in [0.1, 0.15) is 46.5 Å². The quantitative estimate of drug-likeness (QED) is 0.365. The molecule has 3 fully saturated rings. The third-order valence-electron chi connectivity index (χ3n) is 8.04. The van der Waals surface area contributed by atoms with Gasteiger partial charge in [0.25, 0.3) is 5.91 Å². The number of pyridine rings is 1. The Morgan fingerprint density at radius 2 is 1.93 bits per heavy atom.